The molecule has 20 heavy (non-hydrogen) atoms. The van der Waals surface area contributed by atoms with Crippen molar-refractivity contribution in [2.24, 2.45) is 5.73 Å². The van der Waals surface area contributed by atoms with Gasteiger partial charge in [-0.05, 0) is 41.9 Å². The molecule has 0 aliphatic rings. The predicted molar refractivity (Wildman–Crippen MR) is 86.3 cm³/mol. The normalized spacial score (nSPS) is 12.6. The second-order valence-corrected chi connectivity index (χ2v) is 5.64. The van der Waals surface area contributed by atoms with Crippen LogP contribution in [-0.2, 0) is 6.54 Å². The molecule has 0 spiro atoms. The Hall–Kier alpha value is -1.23. The number of rotatable bonds is 6. The molecular formula is C16H20BrN3. The van der Waals surface area contributed by atoms with E-state index in [1.807, 2.05) is 12.4 Å². The molecule has 0 bridgehead atoms. The van der Waals surface area contributed by atoms with Gasteiger partial charge in [0.15, 0.2) is 0 Å². The summed E-state index contributed by atoms with van der Waals surface area (Å²) >= 11 is 3.47. The summed E-state index contributed by atoms with van der Waals surface area (Å²) in [4.78, 5) is 6.45. The Morgan fingerprint density at radius 3 is 2.35 bits per heavy atom. The average molecular weight is 334 g/mol. The van der Waals surface area contributed by atoms with E-state index in [4.69, 9.17) is 5.73 Å². The number of hydrogen-bond acceptors (Lipinski definition) is 3. The molecule has 0 radical (unpaired) electrons. The molecule has 3 nitrogen and oxygen atoms in total. The first-order valence-electron chi connectivity index (χ1n) is 6.83. The van der Waals surface area contributed by atoms with Crippen LogP contribution in [0.15, 0.2) is 53.3 Å². The molecule has 0 aliphatic carbocycles. The van der Waals surface area contributed by atoms with Gasteiger partial charge in [-0.25, -0.2) is 0 Å². The lowest BCUT2D eigenvalue weighted by atomic mass is 10.0. The highest BCUT2D eigenvalue weighted by atomic mass is 79.9. The number of likely N-dealkylation sites (N-methyl/N-ethyl adjacent to an activating group) is 1. The van der Waals surface area contributed by atoms with Gasteiger partial charge in [-0.1, -0.05) is 35.0 Å². The Morgan fingerprint density at radius 1 is 1.15 bits per heavy atom. The van der Waals surface area contributed by atoms with E-state index in [-0.39, 0.29) is 6.04 Å². The van der Waals surface area contributed by atoms with Crippen LogP contribution in [0.4, 0.5) is 0 Å². The van der Waals surface area contributed by atoms with Gasteiger partial charge in [-0.3, -0.25) is 9.88 Å². The standard InChI is InChI=1S/C16H20BrN3/c1-2-20(12-13-7-9-19-10-8-13)16(11-18)14-3-5-15(17)6-4-14/h3-10,16H,2,11-12,18H2,1H3. The van der Waals surface area contributed by atoms with Crippen LogP contribution in [0.3, 0.4) is 0 Å². The zero-order valence-electron chi connectivity index (χ0n) is 11.7. The van der Waals surface area contributed by atoms with E-state index in [2.05, 4.69) is 69.1 Å². The van der Waals surface area contributed by atoms with Crippen molar-refractivity contribution >= 4 is 15.9 Å². The van der Waals surface area contributed by atoms with Crippen LogP contribution in [0.2, 0.25) is 0 Å². The van der Waals surface area contributed by atoms with Crippen LogP contribution in [0.5, 0.6) is 0 Å². The maximum absolute atomic E-state index is 6.01. The molecule has 0 saturated carbocycles. The minimum Gasteiger partial charge on any atom is -0.329 e. The van der Waals surface area contributed by atoms with Gasteiger partial charge in [0.05, 0.1) is 0 Å². The maximum Gasteiger partial charge on any atom is 0.0473 e. The molecule has 0 amide bonds. The van der Waals surface area contributed by atoms with Gasteiger partial charge < -0.3 is 5.73 Å². The van der Waals surface area contributed by atoms with E-state index < -0.39 is 0 Å². The third-order valence-corrected chi connectivity index (χ3v) is 3.99. The highest BCUT2D eigenvalue weighted by Gasteiger charge is 2.17. The number of pyridine rings is 1. The Bertz CT molecular complexity index is 513. The minimum absolute atomic E-state index is 0.237. The third kappa shape index (κ3) is 3.88. The van der Waals surface area contributed by atoms with Gasteiger partial charge in [0.1, 0.15) is 0 Å². The summed E-state index contributed by atoms with van der Waals surface area (Å²) in [7, 11) is 0. The quantitative estimate of drug-likeness (QED) is 0.881. The van der Waals surface area contributed by atoms with Crippen molar-refractivity contribution in [3.8, 4) is 0 Å². The summed E-state index contributed by atoms with van der Waals surface area (Å²) in [6.45, 7) is 4.63. The fraction of sp³-hybridized carbons (Fsp3) is 0.312. The monoisotopic (exact) mass is 333 g/mol. The van der Waals surface area contributed by atoms with Gasteiger partial charge in [-0.15, -0.1) is 0 Å². The van der Waals surface area contributed by atoms with Gasteiger partial charge in [0.2, 0.25) is 0 Å². The molecule has 0 saturated heterocycles. The predicted octanol–water partition coefficient (Wildman–Crippen LogP) is 3.37. The largest absolute Gasteiger partial charge is 0.329 e. The number of hydrogen-bond donors (Lipinski definition) is 1. The molecule has 0 fully saturated rings. The highest BCUT2D eigenvalue weighted by Crippen LogP contribution is 2.23. The third-order valence-electron chi connectivity index (χ3n) is 3.46. The summed E-state index contributed by atoms with van der Waals surface area (Å²) in [5.74, 6) is 0. The SMILES string of the molecule is CCN(Cc1ccncc1)C(CN)c1ccc(Br)cc1. The first kappa shape index (κ1) is 15.2. The molecule has 1 heterocycles. The molecule has 106 valence electrons. The maximum atomic E-state index is 6.01. The van der Waals surface area contributed by atoms with Crippen LogP contribution >= 0.6 is 15.9 Å². The van der Waals surface area contributed by atoms with Crippen LogP contribution < -0.4 is 5.73 Å². The van der Waals surface area contributed by atoms with Crippen LogP contribution in [0.1, 0.15) is 24.1 Å². The summed E-state index contributed by atoms with van der Waals surface area (Å²) in [5, 5.41) is 0. The van der Waals surface area contributed by atoms with Gasteiger partial charge in [-0.2, -0.15) is 0 Å². The lowest BCUT2D eigenvalue weighted by molar-refractivity contribution is 0.203. The van der Waals surface area contributed by atoms with Crippen molar-refractivity contribution in [3.05, 3.63) is 64.4 Å². The smallest absolute Gasteiger partial charge is 0.0473 e. The van der Waals surface area contributed by atoms with E-state index in [0.29, 0.717) is 6.54 Å². The Balaban J connectivity index is 2.17. The number of nitrogens with zero attached hydrogens (tertiary/aromatic N) is 2. The summed E-state index contributed by atoms with van der Waals surface area (Å²) in [6.07, 6.45) is 3.67. The van der Waals surface area contributed by atoms with Gasteiger partial charge in [0.25, 0.3) is 0 Å². The molecule has 2 rings (SSSR count). The second kappa shape index (κ2) is 7.53. The number of aromatic nitrogens is 1. The summed E-state index contributed by atoms with van der Waals surface area (Å²) in [6, 6.07) is 12.8. The molecule has 1 unspecified atom stereocenters. The molecule has 2 aromatic rings. The van der Waals surface area contributed by atoms with Crippen molar-refractivity contribution in [3.63, 3.8) is 0 Å². The minimum atomic E-state index is 0.237. The summed E-state index contributed by atoms with van der Waals surface area (Å²) in [5.41, 5.74) is 8.52. The number of halogens is 1. The van der Waals surface area contributed by atoms with E-state index in [1.165, 1.54) is 11.1 Å². The van der Waals surface area contributed by atoms with Gasteiger partial charge >= 0.3 is 0 Å². The first-order valence-corrected chi connectivity index (χ1v) is 7.62. The Morgan fingerprint density at radius 2 is 1.80 bits per heavy atom. The van der Waals surface area contributed by atoms with E-state index in [9.17, 15) is 0 Å². The first-order chi connectivity index (χ1) is 9.74. The second-order valence-electron chi connectivity index (χ2n) is 4.72. The molecule has 4 heteroatoms. The molecule has 1 atom stereocenters. The van der Waals surface area contributed by atoms with Crippen molar-refractivity contribution in [2.75, 3.05) is 13.1 Å². The fourth-order valence-electron chi connectivity index (χ4n) is 2.35. The molecule has 1 aromatic carbocycles. The Labute approximate surface area is 129 Å². The van der Waals surface area contributed by atoms with Crippen LogP contribution in [0, 0.1) is 0 Å². The molecular weight excluding hydrogens is 314 g/mol. The molecule has 1 aromatic heterocycles. The average Bonchev–Trinajstić information content (AvgIpc) is 2.49. The van der Waals surface area contributed by atoms with Crippen molar-refractivity contribution < 1.29 is 0 Å². The zero-order valence-corrected chi connectivity index (χ0v) is 13.3. The molecule has 0 aliphatic heterocycles. The summed E-state index contributed by atoms with van der Waals surface area (Å²) < 4.78 is 1.09. The van der Waals surface area contributed by atoms with E-state index >= 15 is 0 Å². The van der Waals surface area contributed by atoms with Crippen molar-refractivity contribution in [1.82, 2.24) is 9.88 Å². The Kier molecular flexibility index (Phi) is 5.71. The van der Waals surface area contributed by atoms with E-state index in [1.54, 1.807) is 0 Å². The van der Waals surface area contributed by atoms with Crippen molar-refractivity contribution in [1.29, 1.82) is 0 Å². The topological polar surface area (TPSA) is 42.2 Å². The van der Waals surface area contributed by atoms with Crippen LogP contribution in [-0.4, -0.2) is 23.0 Å². The number of nitrogens with two attached hydrogens (primary N) is 1. The zero-order chi connectivity index (χ0) is 14.4. The van der Waals surface area contributed by atoms with Crippen LogP contribution in [0.25, 0.3) is 0 Å². The lowest BCUT2D eigenvalue weighted by Gasteiger charge is -2.30. The lowest BCUT2D eigenvalue weighted by Crippen LogP contribution is -2.33. The highest BCUT2D eigenvalue weighted by molar-refractivity contribution is 9.10. The van der Waals surface area contributed by atoms with E-state index in [0.717, 1.165) is 17.6 Å². The van der Waals surface area contributed by atoms with Gasteiger partial charge in [0, 0.05) is 36.0 Å². The molecule has 2 N–H and O–H groups in total. The fourth-order valence-corrected chi connectivity index (χ4v) is 2.61. The van der Waals surface area contributed by atoms with Crippen molar-refractivity contribution in [2.45, 2.75) is 19.5 Å². The number of benzene rings is 1.